The number of carbonyl (C=O) groups is 1. The Morgan fingerprint density at radius 2 is 2.10 bits per heavy atom. The summed E-state index contributed by atoms with van der Waals surface area (Å²) in [7, 11) is 1.71. The second-order valence-electron chi connectivity index (χ2n) is 4.69. The molecule has 112 valence electrons. The van der Waals surface area contributed by atoms with Gasteiger partial charge in [0.25, 0.3) is 5.91 Å². The number of thioether (sulfide) groups is 1. The van der Waals surface area contributed by atoms with Gasteiger partial charge in [0.15, 0.2) is 0 Å². The van der Waals surface area contributed by atoms with Crippen LogP contribution in [-0.4, -0.2) is 30.4 Å². The molecule has 1 atom stereocenters. The molecule has 1 amide bonds. The van der Waals surface area contributed by atoms with E-state index in [1.165, 1.54) is 4.90 Å². The van der Waals surface area contributed by atoms with Gasteiger partial charge in [0.2, 0.25) is 0 Å². The maximum atomic E-state index is 12.0. The SMILES string of the molecule is COCCSc1ccc([C@H](C)NC(=O)c2ccc[nH]2)cc1. The number of methoxy groups -OCH3 is 1. The van der Waals surface area contributed by atoms with Gasteiger partial charge in [-0.2, -0.15) is 0 Å². The highest BCUT2D eigenvalue weighted by Crippen LogP contribution is 2.21. The van der Waals surface area contributed by atoms with Crippen LogP contribution in [0.15, 0.2) is 47.5 Å². The largest absolute Gasteiger partial charge is 0.384 e. The molecule has 0 fully saturated rings. The Labute approximate surface area is 129 Å². The highest BCUT2D eigenvalue weighted by molar-refractivity contribution is 7.99. The van der Waals surface area contributed by atoms with Crippen LogP contribution in [0.3, 0.4) is 0 Å². The number of hydrogen-bond donors (Lipinski definition) is 2. The van der Waals surface area contributed by atoms with Gasteiger partial charge in [-0.15, -0.1) is 11.8 Å². The lowest BCUT2D eigenvalue weighted by molar-refractivity contribution is 0.0935. The molecule has 1 aromatic carbocycles. The monoisotopic (exact) mass is 304 g/mol. The second kappa shape index (κ2) is 7.90. The third-order valence-corrected chi connectivity index (χ3v) is 4.10. The summed E-state index contributed by atoms with van der Waals surface area (Å²) < 4.78 is 5.03. The first kappa shape index (κ1) is 15.7. The summed E-state index contributed by atoms with van der Waals surface area (Å²) in [5.74, 6) is 0.848. The Kier molecular flexibility index (Phi) is 5.90. The van der Waals surface area contributed by atoms with E-state index in [1.54, 1.807) is 31.1 Å². The highest BCUT2D eigenvalue weighted by atomic mass is 32.2. The van der Waals surface area contributed by atoms with Crippen LogP contribution >= 0.6 is 11.8 Å². The third-order valence-electron chi connectivity index (χ3n) is 3.13. The van der Waals surface area contributed by atoms with Crippen LogP contribution in [0.5, 0.6) is 0 Å². The Balaban J connectivity index is 1.90. The highest BCUT2D eigenvalue weighted by Gasteiger charge is 2.11. The molecule has 2 rings (SSSR count). The maximum absolute atomic E-state index is 12.0. The zero-order valence-corrected chi connectivity index (χ0v) is 13.1. The van der Waals surface area contributed by atoms with Crippen molar-refractivity contribution in [2.75, 3.05) is 19.5 Å². The third kappa shape index (κ3) is 4.65. The van der Waals surface area contributed by atoms with E-state index >= 15 is 0 Å². The van der Waals surface area contributed by atoms with Gasteiger partial charge in [0.05, 0.1) is 12.6 Å². The molecule has 0 radical (unpaired) electrons. The molecular weight excluding hydrogens is 284 g/mol. The molecule has 1 aromatic heterocycles. The number of nitrogens with one attached hydrogen (secondary N) is 2. The number of hydrogen-bond acceptors (Lipinski definition) is 3. The van der Waals surface area contributed by atoms with Crippen LogP contribution in [0.1, 0.15) is 29.0 Å². The quantitative estimate of drug-likeness (QED) is 0.610. The molecular formula is C16H20N2O2S. The summed E-state index contributed by atoms with van der Waals surface area (Å²) >= 11 is 1.76. The number of ether oxygens (including phenoxy) is 1. The smallest absolute Gasteiger partial charge is 0.268 e. The lowest BCUT2D eigenvalue weighted by Gasteiger charge is -2.14. The molecule has 0 aliphatic heterocycles. The number of aromatic amines is 1. The van der Waals surface area contributed by atoms with E-state index in [4.69, 9.17) is 4.74 Å². The summed E-state index contributed by atoms with van der Waals surface area (Å²) in [6.45, 7) is 2.73. The van der Waals surface area contributed by atoms with Gasteiger partial charge in [-0.1, -0.05) is 12.1 Å². The van der Waals surface area contributed by atoms with Crippen molar-refractivity contribution >= 4 is 17.7 Å². The number of benzene rings is 1. The van der Waals surface area contributed by atoms with Crippen LogP contribution < -0.4 is 5.32 Å². The van der Waals surface area contributed by atoms with E-state index in [1.807, 2.05) is 13.0 Å². The summed E-state index contributed by atoms with van der Waals surface area (Å²) in [6.07, 6.45) is 1.74. The number of aromatic nitrogens is 1. The fourth-order valence-electron chi connectivity index (χ4n) is 1.92. The molecule has 0 spiro atoms. The van der Waals surface area contributed by atoms with Crippen molar-refractivity contribution in [2.45, 2.75) is 17.9 Å². The minimum atomic E-state index is -0.0916. The Bertz CT molecular complexity index is 552. The second-order valence-corrected chi connectivity index (χ2v) is 5.86. The Hall–Kier alpha value is -1.72. The van der Waals surface area contributed by atoms with Crippen molar-refractivity contribution in [1.82, 2.24) is 10.3 Å². The van der Waals surface area contributed by atoms with Gasteiger partial charge in [0.1, 0.15) is 5.69 Å². The number of rotatable bonds is 7. The normalized spacial score (nSPS) is 12.1. The standard InChI is InChI=1S/C16H20N2O2S/c1-12(18-16(19)15-4-3-9-17-15)13-5-7-14(8-6-13)21-11-10-20-2/h3-9,12,17H,10-11H2,1-2H3,(H,18,19)/t12-/m0/s1. The minimum Gasteiger partial charge on any atom is -0.384 e. The molecule has 0 bridgehead atoms. The predicted octanol–water partition coefficient (Wildman–Crippen LogP) is 3.24. The zero-order chi connectivity index (χ0) is 15.1. The van der Waals surface area contributed by atoms with E-state index in [0.29, 0.717) is 5.69 Å². The van der Waals surface area contributed by atoms with Crippen molar-refractivity contribution < 1.29 is 9.53 Å². The van der Waals surface area contributed by atoms with E-state index in [0.717, 1.165) is 17.9 Å². The Morgan fingerprint density at radius 3 is 2.71 bits per heavy atom. The topological polar surface area (TPSA) is 54.1 Å². The predicted molar refractivity (Wildman–Crippen MR) is 85.7 cm³/mol. The molecule has 21 heavy (non-hydrogen) atoms. The summed E-state index contributed by atoms with van der Waals surface area (Å²) in [4.78, 5) is 16.1. The van der Waals surface area contributed by atoms with Crippen LogP contribution in [0.2, 0.25) is 0 Å². The lowest BCUT2D eigenvalue weighted by atomic mass is 10.1. The summed E-state index contributed by atoms with van der Waals surface area (Å²) in [5.41, 5.74) is 1.67. The summed E-state index contributed by atoms with van der Waals surface area (Å²) in [6, 6.07) is 11.8. The summed E-state index contributed by atoms with van der Waals surface area (Å²) in [5, 5.41) is 2.97. The van der Waals surface area contributed by atoms with Gasteiger partial charge in [0, 0.05) is 24.0 Å². The molecule has 4 nitrogen and oxygen atoms in total. The van der Waals surface area contributed by atoms with Crippen LogP contribution in [0, 0.1) is 0 Å². The number of H-pyrrole nitrogens is 1. The molecule has 0 unspecified atom stereocenters. The molecule has 0 aliphatic rings. The lowest BCUT2D eigenvalue weighted by Crippen LogP contribution is -2.26. The molecule has 0 saturated carbocycles. The van der Waals surface area contributed by atoms with Gasteiger partial charge in [-0.25, -0.2) is 0 Å². The molecule has 0 saturated heterocycles. The number of carbonyl (C=O) groups excluding carboxylic acids is 1. The van der Waals surface area contributed by atoms with Gasteiger partial charge in [-0.3, -0.25) is 4.79 Å². The Morgan fingerprint density at radius 1 is 1.33 bits per heavy atom. The van der Waals surface area contributed by atoms with Crippen molar-refractivity contribution in [3.63, 3.8) is 0 Å². The zero-order valence-electron chi connectivity index (χ0n) is 12.3. The molecule has 0 aliphatic carbocycles. The van der Waals surface area contributed by atoms with Crippen molar-refractivity contribution in [3.8, 4) is 0 Å². The number of amides is 1. The van der Waals surface area contributed by atoms with Crippen LogP contribution in [0.25, 0.3) is 0 Å². The molecule has 2 N–H and O–H groups in total. The van der Waals surface area contributed by atoms with E-state index < -0.39 is 0 Å². The maximum Gasteiger partial charge on any atom is 0.268 e. The van der Waals surface area contributed by atoms with Gasteiger partial charge in [-0.05, 0) is 36.8 Å². The van der Waals surface area contributed by atoms with Crippen molar-refractivity contribution in [3.05, 3.63) is 53.9 Å². The minimum absolute atomic E-state index is 0.0289. The van der Waals surface area contributed by atoms with Crippen LogP contribution in [-0.2, 0) is 4.74 Å². The fraction of sp³-hybridized carbons (Fsp3) is 0.312. The van der Waals surface area contributed by atoms with E-state index in [9.17, 15) is 4.79 Å². The average molecular weight is 304 g/mol. The van der Waals surface area contributed by atoms with Crippen molar-refractivity contribution in [2.24, 2.45) is 0 Å². The first-order valence-electron chi connectivity index (χ1n) is 6.86. The van der Waals surface area contributed by atoms with Gasteiger partial charge >= 0.3 is 0 Å². The first-order chi connectivity index (χ1) is 10.2. The molecule has 5 heteroatoms. The van der Waals surface area contributed by atoms with Crippen molar-refractivity contribution in [1.29, 1.82) is 0 Å². The average Bonchev–Trinajstić information content (AvgIpc) is 3.02. The fourth-order valence-corrected chi connectivity index (χ4v) is 2.74. The van der Waals surface area contributed by atoms with E-state index in [2.05, 4.69) is 34.6 Å². The van der Waals surface area contributed by atoms with Gasteiger partial charge < -0.3 is 15.0 Å². The molecule has 2 aromatic rings. The first-order valence-corrected chi connectivity index (χ1v) is 7.85. The van der Waals surface area contributed by atoms with E-state index in [-0.39, 0.29) is 11.9 Å². The van der Waals surface area contributed by atoms with Crippen LogP contribution in [0.4, 0.5) is 0 Å². The molecule has 1 heterocycles.